The Morgan fingerprint density at radius 3 is 2.28 bits per heavy atom. The van der Waals surface area contributed by atoms with Crippen molar-refractivity contribution >= 4 is 16.0 Å². The lowest BCUT2D eigenvalue weighted by molar-refractivity contribution is -0.157. The van der Waals surface area contributed by atoms with Crippen molar-refractivity contribution in [1.82, 2.24) is 4.31 Å². The van der Waals surface area contributed by atoms with Gasteiger partial charge < -0.3 is 14.2 Å². The highest BCUT2D eigenvalue weighted by Crippen LogP contribution is 2.32. The molecule has 2 rings (SSSR count). The standard InChI is InChI=1S/C17H25NO6S/c1-11-7-13(22-5)8-12(2)15(11)25(20,21)18-10-17(3,4)24-9-14(18)16(19)23-6/h7-8,14H,9-10H2,1-6H3/t14-/m0/s1. The molecule has 7 nitrogen and oxygen atoms in total. The van der Waals surface area contributed by atoms with Gasteiger partial charge in [0.05, 0.1) is 31.3 Å². The Balaban J connectivity index is 2.57. The van der Waals surface area contributed by atoms with Crippen molar-refractivity contribution in [2.24, 2.45) is 0 Å². The van der Waals surface area contributed by atoms with Crippen molar-refractivity contribution in [1.29, 1.82) is 0 Å². The summed E-state index contributed by atoms with van der Waals surface area (Å²) in [5.74, 6) is -0.0522. The first kappa shape index (κ1) is 19.7. The van der Waals surface area contributed by atoms with Crippen LogP contribution in [0.1, 0.15) is 25.0 Å². The van der Waals surface area contributed by atoms with E-state index in [4.69, 9.17) is 14.2 Å². The van der Waals surface area contributed by atoms with Gasteiger partial charge in [-0.05, 0) is 51.0 Å². The Morgan fingerprint density at radius 1 is 1.24 bits per heavy atom. The number of sulfonamides is 1. The van der Waals surface area contributed by atoms with E-state index in [0.29, 0.717) is 16.9 Å². The van der Waals surface area contributed by atoms with Gasteiger partial charge in [-0.25, -0.2) is 8.42 Å². The maximum Gasteiger partial charge on any atom is 0.326 e. The number of hydrogen-bond donors (Lipinski definition) is 0. The molecule has 1 aliphatic rings. The first-order valence-corrected chi connectivity index (χ1v) is 9.36. The predicted octanol–water partition coefficient (Wildman–Crippen LogP) is 1.65. The molecule has 140 valence electrons. The summed E-state index contributed by atoms with van der Waals surface area (Å²) in [6.45, 7) is 7.00. The van der Waals surface area contributed by atoms with Gasteiger partial charge in [0.2, 0.25) is 10.0 Å². The van der Waals surface area contributed by atoms with Crippen molar-refractivity contribution in [3.8, 4) is 5.75 Å². The molecule has 1 aliphatic heterocycles. The molecule has 0 aliphatic carbocycles. The summed E-state index contributed by atoms with van der Waals surface area (Å²) in [5.41, 5.74) is 0.417. The van der Waals surface area contributed by atoms with E-state index in [1.807, 2.05) is 0 Å². The minimum atomic E-state index is -3.93. The Hall–Kier alpha value is -1.64. The summed E-state index contributed by atoms with van der Waals surface area (Å²) in [7, 11) is -1.17. The van der Waals surface area contributed by atoms with E-state index >= 15 is 0 Å². The van der Waals surface area contributed by atoms with E-state index in [9.17, 15) is 13.2 Å². The van der Waals surface area contributed by atoms with Crippen LogP contribution in [0.4, 0.5) is 0 Å². The van der Waals surface area contributed by atoms with Gasteiger partial charge in [0.15, 0.2) is 0 Å². The second-order valence-corrected chi connectivity index (χ2v) is 8.58. The number of methoxy groups -OCH3 is 2. The Bertz CT molecular complexity index is 748. The molecule has 1 saturated heterocycles. The molecule has 0 bridgehead atoms. The highest BCUT2D eigenvalue weighted by atomic mass is 32.2. The van der Waals surface area contributed by atoms with Crippen LogP contribution < -0.4 is 4.74 Å². The number of aryl methyl sites for hydroxylation is 2. The molecule has 1 fully saturated rings. The minimum Gasteiger partial charge on any atom is -0.497 e. The molecule has 0 unspecified atom stereocenters. The predicted molar refractivity (Wildman–Crippen MR) is 92.2 cm³/mol. The lowest BCUT2D eigenvalue weighted by Gasteiger charge is -2.41. The summed E-state index contributed by atoms with van der Waals surface area (Å²) < 4.78 is 43.5. The van der Waals surface area contributed by atoms with Crippen LogP contribution in [0, 0.1) is 13.8 Å². The number of benzene rings is 1. The molecule has 25 heavy (non-hydrogen) atoms. The fourth-order valence-electron chi connectivity index (χ4n) is 3.05. The first-order valence-electron chi connectivity index (χ1n) is 7.92. The van der Waals surface area contributed by atoms with Crippen molar-refractivity contribution in [2.75, 3.05) is 27.4 Å². The second-order valence-electron chi connectivity index (χ2n) is 6.75. The Morgan fingerprint density at radius 2 is 1.80 bits per heavy atom. The Labute approximate surface area is 148 Å². The third-order valence-corrected chi connectivity index (χ3v) is 6.39. The number of hydrogen-bond acceptors (Lipinski definition) is 6. The lowest BCUT2D eigenvalue weighted by atomic mass is 10.1. The fraction of sp³-hybridized carbons (Fsp3) is 0.588. The minimum absolute atomic E-state index is 0.0485. The van der Waals surface area contributed by atoms with Crippen LogP contribution in [0.25, 0.3) is 0 Å². The largest absolute Gasteiger partial charge is 0.497 e. The smallest absolute Gasteiger partial charge is 0.326 e. The van der Waals surface area contributed by atoms with Gasteiger partial charge in [-0.1, -0.05) is 0 Å². The van der Waals surface area contributed by atoms with Crippen molar-refractivity contribution in [3.63, 3.8) is 0 Å². The molecule has 1 aromatic rings. The molecule has 1 atom stereocenters. The third kappa shape index (κ3) is 3.80. The molecule has 0 spiro atoms. The molecular formula is C17H25NO6S. The number of morpholine rings is 1. The van der Waals surface area contributed by atoms with Gasteiger partial charge in [-0.3, -0.25) is 4.79 Å². The van der Waals surface area contributed by atoms with E-state index < -0.39 is 27.6 Å². The van der Waals surface area contributed by atoms with Crippen molar-refractivity contribution < 1.29 is 27.4 Å². The topological polar surface area (TPSA) is 82.1 Å². The van der Waals surface area contributed by atoms with Gasteiger partial charge in [-0.15, -0.1) is 0 Å². The highest BCUT2D eigenvalue weighted by molar-refractivity contribution is 7.89. The van der Waals surface area contributed by atoms with Crippen LogP contribution in [-0.2, 0) is 24.3 Å². The van der Waals surface area contributed by atoms with Crippen LogP contribution in [0.15, 0.2) is 17.0 Å². The van der Waals surface area contributed by atoms with Crippen molar-refractivity contribution in [3.05, 3.63) is 23.3 Å². The van der Waals surface area contributed by atoms with E-state index in [1.165, 1.54) is 18.5 Å². The number of esters is 1. The van der Waals surface area contributed by atoms with E-state index in [0.717, 1.165) is 0 Å². The number of carbonyl (C=O) groups is 1. The highest BCUT2D eigenvalue weighted by Gasteiger charge is 2.45. The maximum absolute atomic E-state index is 13.4. The number of ether oxygens (including phenoxy) is 3. The monoisotopic (exact) mass is 371 g/mol. The molecule has 0 saturated carbocycles. The van der Waals surface area contributed by atoms with Crippen molar-refractivity contribution in [2.45, 2.75) is 44.2 Å². The molecular weight excluding hydrogens is 346 g/mol. The number of nitrogens with zero attached hydrogens (tertiary/aromatic N) is 1. The molecule has 0 radical (unpaired) electrons. The lowest BCUT2D eigenvalue weighted by Crippen LogP contribution is -2.59. The summed E-state index contributed by atoms with van der Waals surface area (Å²) in [6.07, 6.45) is 0. The average molecular weight is 371 g/mol. The summed E-state index contributed by atoms with van der Waals surface area (Å²) in [6, 6.07) is 2.32. The van der Waals surface area contributed by atoms with Crippen LogP contribution in [0.2, 0.25) is 0 Å². The van der Waals surface area contributed by atoms with Gasteiger partial charge >= 0.3 is 5.97 Å². The molecule has 0 amide bonds. The van der Waals surface area contributed by atoms with E-state index in [1.54, 1.807) is 39.8 Å². The zero-order valence-electron chi connectivity index (χ0n) is 15.5. The number of carbonyl (C=O) groups excluding carboxylic acids is 1. The zero-order valence-corrected chi connectivity index (χ0v) is 16.3. The van der Waals surface area contributed by atoms with Crippen LogP contribution in [0.5, 0.6) is 5.75 Å². The molecule has 0 N–H and O–H groups in total. The quantitative estimate of drug-likeness (QED) is 0.749. The molecule has 1 aromatic carbocycles. The van der Waals surface area contributed by atoms with Gasteiger partial charge in [0.1, 0.15) is 11.8 Å². The summed E-state index contributed by atoms with van der Waals surface area (Å²) in [5, 5.41) is 0. The second kappa shape index (κ2) is 6.93. The average Bonchev–Trinajstić information content (AvgIpc) is 2.52. The third-order valence-electron chi connectivity index (χ3n) is 4.23. The first-order chi connectivity index (χ1) is 11.5. The zero-order chi connectivity index (χ0) is 19.0. The molecule has 8 heteroatoms. The fourth-order valence-corrected chi connectivity index (χ4v) is 5.17. The molecule has 1 heterocycles. The van der Waals surface area contributed by atoms with Gasteiger partial charge in [0.25, 0.3) is 0 Å². The normalized spacial score (nSPS) is 21.0. The van der Waals surface area contributed by atoms with Gasteiger partial charge in [-0.2, -0.15) is 4.31 Å². The number of rotatable bonds is 4. The summed E-state index contributed by atoms with van der Waals surface area (Å²) in [4.78, 5) is 12.3. The summed E-state index contributed by atoms with van der Waals surface area (Å²) >= 11 is 0. The van der Waals surface area contributed by atoms with Crippen LogP contribution >= 0.6 is 0 Å². The van der Waals surface area contributed by atoms with E-state index in [2.05, 4.69) is 0 Å². The Kier molecular flexibility index (Phi) is 5.46. The van der Waals surface area contributed by atoms with E-state index in [-0.39, 0.29) is 18.0 Å². The van der Waals surface area contributed by atoms with Gasteiger partial charge in [0, 0.05) is 6.54 Å². The van der Waals surface area contributed by atoms with Crippen LogP contribution in [-0.4, -0.2) is 57.7 Å². The SMILES string of the molecule is COC(=O)[C@@H]1COC(C)(C)CN1S(=O)(=O)c1c(C)cc(OC)cc1C. The molecule has 0 aromatic heterocycles. The maximum atomic E-state index is 13.4. The van der Waals surface area contributed by atoms with Crippen LogP contribution in [0.3, 0.4) is 0 Å².